The standard InChI is InChI=1S/C5H10FN/c6-3-5(7)4-1-2-4/h4-5H,1-3,7H2/t5-/m1/s1. The van der Waals surface area contributed by atoms with Crippen LogP contribution in [0.2, 0.25) is 0 Å². The lowest BCUT2D eigenvalue weighted by atomic mass is 10.2. The molecule has 0 amide bonds. The fourth-order valence-corrected chi connectivity index (χ4v) is 0.650. The number of alkyl halides is 1. The van der Waals surface area contributed by atoms with Crippen LogP contribution >= 0.6 is 0 Å². The van der Waals surface area contributed by atoms with Crippen LogP contribution in [-0.2, 0) is 0 Å². The number of rotatable bonds is 2. The highest BCUT2D eigenvalue weighted by molar-refractivity contribution is 4.82. The van der Waals surface area contributed by atoms with E-state index in [4.69, 9.17) is 5.73 Å². The van der Waals surface area contributed by atoms with E-state index in [2.05, 4.69) is 0 Å². The molecule has 2 N–H and O–H groups in total. The van der Waals surface area contributed by atoms with E-state index in [1.165, 1.54) is 0 Å². The third kappa shape index (κ3) is 1.13. The van der Waals surface area contributed by atoms with E-state index >= 15 is 0 Å². The predicted molar refractivity (Wildman–Crippen MR) is 26.7 cm³/mol. The van der Waals surface area contributed by atoms with Gasteiger partial charge in [0.25, 0.3) is 0 Å². The summed E-state index contributed by atoms with van der Waals surface area (Å²) in [5, 5.41) is 0. The molecule has 0 aliphatic heterocycles. The molecule has 2 heteroatoms. The molecule has 1 aliphatic carbocycles. The molecule has 42 valence electrons. The summed E-state index contributed by atoms with van der Waals surface area (Å²) in [7, 11) is 0. The van der Waals surface area contributed by atoms with Crippen LogP contribution < -0.4 is 5.73 Å². The van der Waals surface area contributed by atoms with E-state index in [1.807, 2.05) is 0 Å². The molecule has 0 bridgehead atoms. The summed E-state index contributed by atoms with van der Waals surface area (Å²) in [5.74, 6) is 0.519. The van der Waals surface area contributed by atoms with Crippen molar-refractivity contribution in [2.24, 2.45) is 11.7 Å². The largest absolute Gasteiger partial charge is 0.325 e. The van der Waals surface area contributed by atoms with Gasteiger partial charge in [0.15, 0.2) is 0 Å². The summed E-state index contributed by atoms with van der Waals surface area (Å²) in [6.07, 6.45) is 2.29. The zero-order valence-electron chi connectivity index (χ0n) is 4.23. The van der Waals surface area contributed by atoms with Crippen molar-refractivity contribution in [2.75, 3.05) is 6.67 Å². The molecule has 1 atom stereocenters. The summed E-state index contributed by atoms with van der Waals surface area (Å²) in [4.78, 5) is 0. The first-order valence-electron chi connectivity index (χ1n) is 2.66. The highest BCUT2D eigenvalue weighted by atomic mass is 19.1. The van der Waals surface area contributed by atoms with Crippen molar-refractivity contribution in [1.29, 1.82) is 0 Å². The van der Waals surface area contributed by atoms with Gasteiger partial charge in [-0.3, -0.25) is 0 Å². The van der Waals surface area contributed by atoms with Crippen molar-refractivity contribution in [3.63, 3.8) is 0 Å². The maximum atomic E-state index is 11.6. The summed E-state index contributed by atoms with van der Waals surface area (Å²) in [6.45, 7) is -0.343. The van der Waals surface area contributed by atoms with E-state index in [0.717, 1.165) is 12.8 Å². The van der Waals surface area contributed by atoms with Crippen molar-refractivity contribution in [3.8, 4) is 0 Å². The average Bonchev–Trinajstić information content (AvgIpc) is 2.44. The molecule has 1 nitrogen and oxygen atoms in total. The van der Waals surface area contributed by atoms with Gasteiger partial charge in [-0.15, -0.1) is 0 Å². The van der Waals surface area contributed by atoms with Crippen molar-refractivity contribution in [2.45, 2.75) is 18.9 Å². The van der Waals surface area contributed by atoms with Crippen molar-refractivity contribution in [3.05, 3.63) is 0 Å². The number of nitrogens with two attached hydrogens (primary N) is 1. The van der Waals surface area contributed by atoms with Crippen molar-refractivity contribution in [1.82, 2.24) is 0 Å². The lowest BCUT2D eigenvalue weighted by Crippen LogP contribution is -2.24. The fourth-order valence-electron chi connectivity index (χ4n) is 0.650. The molecule has 0 unspecified atom stereocenters. The fraction of sp³-hybridized carbons (Fsp3) is 1.00. The molecule has 1 rings (SSSR count). The van der Waals surface area contributed by atoms with Gasteiger partial charge in [-0.25, -0.2) is 4.39 Å². The lowest BCUT2D eigenvalue weighted by molar-refractivity contribution is 0.403. The smallest absolute Gasteiger partial charge is 0.105 e. The topological polar surface area (TPSA) is 26.0 Å². The van der Waals surface area contributed by atoms with Gasteiger partial charge in [0.2, 0.25) is 0 Å². The zero-order valence-corrected chi connectivity index (χ0v) is 4.23. The molecule has 7 heavy (non-hydrogen) atoms. The highest BCUT2D eigenvalue weighted by Crippen LogP contribution is 2.31. The van der Waals surface area contributed by atoms with Gasteiger partial charge in [-0.05, 0) is 18.8 Å². The second kappa shape index (κ2) is 1.78. The maximum absolute atomic E-state index is 11.6. The van der Waals surface area contributed by atoms with Gasteiger partial charge in [0, 0.05) is 6.04 Å². The minimum atomic E-state index is -0.343. The van der Waals surface area contributed by atoms with E-state index < -0.39 is 0 Å². The molecule has 1 fully saturated rings. The SMILES string of the molecule is N[C@H](CF)C1CC1. The lowest BCUT2D eigenvalue weighted by Gasteiger charge is -1.99. The van der Waals surface area contributed by atoms with E-state index in [0.29, 0.717) is 5.92 Å². The minimum absolute atomic E-state index is 0.153. The Bertz CT molecular complexity index is 61.1. The molecular weight excluding hydrogens is 93.1 g/mol. The maximum Gasteiger partial charge on any atom is 0.105 e. The van der Waals surface area contributed by atoms with Gasteiger partial charge < -0.3 is 5.73 Å². The van der Waals surface area contributed by atoms with Crippen LogP contribution in [0.1, 0.15) is 12.8 Å². The molecule has 0 saturated heterocycles. The van der Waals surface area contributed by atoms with Crippen LogP contribution in [0.25, 0.3) is 0 Å². The Morgan fingerprint density at radius 2 is 2.29 bits per heavy atom. The number of hydrogen-bond acceptors (Lipinski definition) is 1. The molecule has 0 heterocycles. The monoisotopic (exact) mass is 103 g/mol. The van der Waals surface area contributed by atoms with Crippen LogP contribution in [-0.4, -0.2) is 12.7 Å². The Kier molecular flexibility index (Phi) is 1.28. The number of halogens is 1. The average molecular weight is 103 g/mol. The highest BCUT2D eigenvalue weighted by Gasteiger charge is 2.27. The predicted octanol–water partition coefficient (Wildman–Crippen LogP) is 0.693. The number of hydrogen-bond donors (Lipinski definition) is 1. The van der Waals surface area contributed by atoms with Crippen LogP contribution in [0, 0.1) is 5.92 Å². The van der Waals surface area contributed by atoms with E-state index in [1.54, 1.807) is 0 Å². The first-order chi connectivity index (χ1) is 3.34. The third-order valence-corrected chi connectivity index (χ3v) is 1.41. The quantitative estimate of drug-likeness (QED) is 0.546. The van der Waals surface area contributed by atoms with Gasteiger partial charge in [0.1, 0.15) is 6.67 Å². The van der Waals surface area contributed by atoms with Gasteiger partial charge in [-0.2, -0.15) is 0 Å². The first kappa shape index (κ1) is 5.04. The molecule has 0 aromatic carbocycles. The van der Waals surface area contributed by atoms with Crippen molar-refractivity contribution < 1.29 is 4.39 Å². The molecular formula is C5H10FN. The molecule has 0 spiro atoms. The van der Waals surface area contributed by atoms with Crippen LogP contribution in [0.15, 0.2) is 0 Å². The van der Waals surface area contributed by atoms with Crippen molar-refractivity contribution >= 4 is 0 Å². The normalized spacial score (nSPS) is 24.9. The van der Waals surface area contributed by atoms with Gasteiger partial charge in [0.05, 0.1) is 0 Å². The third-order valence-electron chi connectivity index (χ3n) is 1.41. The summed E-state index contributed by atoms with van der Waals surface area (Å²) in [6, 6.07) is -0.153. The molecule has 0 aromatic heterocycles. The second-order valence-electron chi connectivity index (χ2n) is 2.16. The molecule has 1 saturated carbocycles. The van der Waals surface area contributed by atoms with Crippen LogP contribution in [0.3, 0.4) is 0 Å². The second-order valence-corrected chi connectivity index (χ2v) is 2.16. The van der Waals surface area contributed by atoms with Gasteiger partial charge in [-0.1, -0.05) is 0 Å². The van der Waals surface area contributed by atoms with Gasteiger partial charge >= 0.3 is 0 Å². The Morgan fingerprint density at radius 1 is 1.71 bits per heavy atom. The Morgan fingerprint density at radius 3 is 2.43 bits per heavy atom. The van der Waals surface area contributed by atoms with Crippen LogP contribution in [0.5, 0.6) is 0 Å². The summed E-state index contributed by atoms with van der Waals surface area (Å²) >= 11 is 0. The molecule has 1 aliphatic rings. The van der Waals surface area contributed by atoms with E-state index in [9.17, 15) is 4.39 Å². The van der Waals surface area contributed by atoms with E-state index in [-0.39, 0.29) is 12.7 Å². The Hall–Kier alpha value is -0.110. The summed E-state index contributed by atoms with van der Waals surface area (Å²) in [5.41, 5.74) is 5.30. The Labute approximate surface area is 42.7 Å². The first-order valence-corrected chi connectivity index (χ1v) is 2.66. The minimum Gasteiger partial charge on any atom is -0.325 e. The molecule has 0 radical (unpaired) electrons. The molecule has 0 aromatic rings. The van der Waals surface area contributed by atoms with Crippen LogP contribution in [0.4, 0.5) is 4.39 Å². The zero-order chi connectivity index (χ0) is 5.28. The Balaban J connectivity index is 2.10. The summed E-state index contributed by atoms with van der Waals surface area (Å²) < 4.78 is 11.6.